The van der Waals surface area contributed by atoms with E-state index in [-0.39, 0.29) is 25.7 Å². The van der Waals surface area contributed by atoms with E-state index in [9.17, 15) is 9.36 Å². The van der Waals surface area contributed by atoms with Crippen molar-refractivity contribution in [2.45, 2.75) is 5.92 Å². The lowest BCUT2D eigenvalue weighted by molar-refractivity contribution is 0.0305. The lowest BCUT2D eigenvalue weighted by Gasteiger charge is -2.14. The van der Waals surface area contributed by atoms with Gasteiger partial charge in [0.15, 0.2) is 0 Å². The van der Waals surface area contributed by atoms with E-state index in [1.165, 1.54) is 36.5 Å². The number of phosphoric acid groups is 1. The fraction of sp³-hybridized carbons (Fsp3) is 0.435. The Bertz CT molecular complexity index is 900. The van der Waals surface area contributed by atoms with Crippen LogP contribution >= 0.6 is 7.82 Å². The molecule has 0 aromatic heterocycles. The summed E-state index contributed by atoms with van der Waals surface area (Å²) in [6, 6.07) is 16.4. The number of alkyl carbamates (subject to hydrolysis) is 1. The SMILES string of the molecule is COP(=O)(OC)OCCOCCOCCNC(=O)OCC1c2ccccc2-c2ccccc21. The van der Waals surface area contributed by atoms with Gasteiger partial charge in [-0.1, -0.05) is 48.5 Å². The molecule has 0 radical (unpaired) electrons. The number of ether oxygens (including phenoxy) is 3. The summed E-state index contributed by atoms with van der Waals surface area (Å²) in [5.41, 5.74) is 4.73. The summed E-state index contributed by atoms with van der Waals surface area (Å²) in [6.07, 6.45) is -0.477. The molecule has 9 nitrogen and oxygen atoms in total. The molecule has 1 N–H and O–H groups in total. The average molecular weight is 479 g/mol. The zero-order valence-corrected chi connectivity index (χ0v) is 19.8. The fourth-order valence-corrected chi connectivity index (χ4v) is 4.24. The Kier molecular flexibility index (Phi) is 9.87. The number of amides is 1. The Balaban J connectivity index is 1.26. The molecule has 0 saturated carbocycles. The molecule has 1 amide bonds. The number of fused-ring (bicyclic) bond motifs is 3. The van der Waals surface area contributed by atoms with Crippen LogP contribution in [0, 0.1) is 0 Å². The Morgan fingerprint density at radius 2 is 1.39 bits per heavy atom. The molecular formula is C23H30NO8P. The van der Waals surface area contributed by atoms with Crippen LogP contribution in [0.1, 0.15) is 17.0 Å². The smallest absolute Gasteiger partial charge is 0.449 e. The highest BCUT2D eigenvalue weighted by atomic mass is 31.2. The van der Waals surface area contributed by atoms with Gasteiger partial charge in [0, 0.05) is 26.7 Å². The summed E-state index contributed by atoms with van der Waals surface area (Å²) >= 11 is 0. The number of rotatable bonds is 14. The van der Waals surface area contributed by atoms with Crippen LogP contribution in [0.5, 0.6) is 0 Å². The van der Waals surface area contributed by atoms with Crippen molar-refractivity contribution in [2.24, 2.45) is 0 Å². The Morgan fingerprint density at radius 3 is 2.00 bits per heavy atom. The zero-order valence-electron chi connectivity index (χ0n) is 18.9. The molecule has 1 aliphatic rings. The van der Waals surface area contributed by atoms with Crippen molar-refractivity contribution in [1.82, 2.24) is 5.32 Å². The van der Waals surface area contributed by atoms with E-state index < -0.39 is 13.9 Å². The van der Waals surface area contributed by atoms with Crippen molar-refractivity contribution in [2.75, 3.05) is 60.4 Å². The van der Waals surface area contributed by atoms with E-state index in [2.05, 4.69) is 38.6 Å². The number of nitrogens with one attached hydrogen (secondary N) is 1. The monoisotopic (exact) mass is 479 g/mol. The molecule has 33 heavy (non-hydrogen) atoms. The summed E-state index contributed by atoms with van der Waals surface area (Å²) in [5.74, 6) is 0.0298. The first kappa shape index (κ1) is 25.4. The van der Waals surface area contributed by atoms with Gasteiger partial charge in [0.25, 0.3) is 0 Å². The van der Waals surface area contributed by atoms with Gasteiger partial charge in [0.05, 0.1) is 33.0 Å². The molecule has 2 aromatic carbocycles. The summed E-state index contributed by atoms with van der Waals surface area (Å²) < 4.78 is 42.1. The Hall–Kier alpha value is -2.26. The largest absolute Gasteiger partial charge is 0.474 e. The first-order chi connectivity index (χ1) is 16.1. The van der Waals surface area contributed by atoms with Gasteiger partial charge in [-0.2, -0.15) is 0 Å². The maximum atomic E-state index is 12.1. The minimum absolute atomic E-state index is 0.0298. The Labute approximate surface area is 193 Å². The molecule has 0 spiro atoms. The van der Waals surface area contributed by atoms with Crippen LogP contribution in [-0.2, 0) is 32.3 Å². The van der Waals surface area contributed by atoms with E-state index in [0.29, 0.717) is 26.4 Å². The van der Waals surface area contributed by atoms with Gasteiger partial charge >= 0.3 is 13.9 Å². The molecule has 0 atom stereocenters. The van der Waals surface area contributed by atoms with Crippen LogP contribution in [0.2, 0.25) is 0 Å². The van der Waals surface area contributed by atoms with Crippen LogP contribution in [0.3, 0.4) is 0 Å². The van der Waals surface area contributed by atoms with Crippen molar-refractivity contribution < 1.29 is 37.1 Å². The van der Waals surface area contributed by atoms with Crippen molar-refractivity contribution in [3.05, 3.63) is 59.7 Å². The van der Waals surface area contributed by atoms with Crippen LogP contribution < -0.4 is 5.32 Å². The van der Waals surface area contributed by atoms with Crippen LogP contribution in [-0.4, -0.2) is 66.5 Å². The quantitative estimate of drug-likeness (QED) is 0.321. The molecule has 3 rings (SSSR count). The van der Waals surface area contributed by atoms with Crippen LogP contribution in [0.15, 0.2) is 48.5 Å². The first-order valence-electron chi connectivity index (χ1n) is 10.7. The average Bonchev–Trinajstić information content (AvgIpc) is 3.17. The molecule has 1 aliphatic carbocycles. The minimum atomic E-state index is -3.47. The summed E-state index contributed by atoms with van der Waals surface area (Å²) in [6.45, 7) is 1.89. The minimum Gasteiger partial charge on any atom is -0.449 e. The molecule has 10 heteroatoms. The van der Waals surface area contributed by atoms with Crippen LogP contribution in [0.25, 0.3) is 11.1 Å². The molecule has 0 unspecified atom stereocenters. The Morgan fingerprint density at radius 1 is 0.848 bits per heavy atom. The van der Waals surface area contributed by atoms with E-state index in [0.717, 1.165) is 0 Å². The number of carbonyl (C=O) groups is 1. The normalized spacial score (nSPS) is 12.9. The van der Waals surface area contributed by atoms with Gasteiger partial charge < -0.3 is 19.5 Å². The summed E-state index contributed by atoms with van der Waals surface area (Å²) in [7, 11) is -0.978. The van der Waals surface area contributed by atoms with E-state index in [1.807, 2.05) is 24.3 Å². The molecule has 0 saturated heterocycles. The number of hydrogen-bond acceptors (Lipinski definition) is 8. The van der Waals surface area contributed by atoms with Gasteiger partial charge in [-0.3, -0.25) is 13.6 Å². The number of phosphoric ester groups is 1. The molecular weight excluding hydrogens is 449 g/mol. The van der Waals surface area contributed by atoms with Gasteiger partial charge in [-0.25, -0.2) is 9.36 Å². The predicted octanol–water partition coefficient (Wildman–Crippen LogP) is 3.98. The number of carbonyl (C=O) groups excluding carboxylic acids is 1. The van der Waals surface area contributed by atoms with Gasteiger partial charge in [0.2, 0.25) is 0 Å². The van der Waals surface area contributed by atoms with E-state index >= 15 is 0 Å². The van der Waals surface area contributed by atoms with Gasteiger partial charge in [-0.05, 0) is 22.3 Å². The number of hydrogen-bond donors (Lipinski definition) is 1. The third kappa shape index (κ3) is 7.11. The third-order valence-electron chi connectivity index (χ3n) is 5.16. The van der Waals surface area contributed by atoms with Crippen molar-refractivity contribution >= 4 is 13.9 Å². The van der Waals surface area contributed by atoms with Crippen molar-refractivity contribution in [1.29, 1.82) is 0 Å². The standard InChI is InChI=1S/C23H30NO8P/c1-27-33(26,28-2)32-16-15-30-14-13-29-12-11-24-23(25)31-17-22-20-9-5-3-7-18(20)19-8-4-6-10-21(19)22/h3-10,22H,11-17H2,1-2H3,(H,24,25). The van der Waals surface area contributed by atoms with Gasteiger partial charge in [0.1, 0.15) is 6.61 Å². The molecule has 0 aliphatic heterocycles. The number of benzene rings is 2. The maximum Gasteiger partial charge on any atom is 0.474 e. The maximum absolute atomic E-state index is 12.1. The van der Waals surface area contributed by atoms with Crippen molar-refractivity contribution in [3.63, 3.8) is 0 Å². The van der Waals surface area contributed by atoms with E-state index in [4.69, 9.17) is 18.7 Å². The van der Waals surface area contributed by atoms with E-state index in [1.54, 1.807) is 0 Å². The predicted molar refractivity (Wildman–Crippen MR) is 122 cm³/mol. The van der Waals surface area contributed by atoms with Crippen molar-refractivity contribution in [3.8, 4) is 11.1 Å². The fourth-order valence-electron chi connectivity index (χ4n) is 3.58. The second-order valence-electron chi connectivity index (χ2n) is 7.12. The third-order valence-corrected chi connectivity index (χ3v) is 6.55. The molecule has 180 valence electrons. The highest BCUT2D eigenvalue weighted by Gasteiger charge is 2.29. The second kappa shape index (κ2) is 12.8. The second-order valence-corrected chi connectivity index (χ2v) is 9.01. The lowest BCUT2D eigenvalue weighted by atomic mass is 9.98. The zero-order chi connectivity index (χ0) is 23.5. The summed E-state index contributed by atoms with van der Waals surface area (Å²) in [5, 5.41) is 2.69. The molecule has 2 aromatic rings. The van der Waals surface area contributed by atoms with Gasteiger partial charge in [-0.15, -0.1) is 0 Å². The highest BCUT2D eigenvalue weighted by molar-refractivity contribution is 7.48. The topological polar surface area (TPSA) is 102 Å². The molecule has 0 fully saturated rings. The molecule has 0 bridgehead atoms. The summed E-state index contributed by atoms with van der Waals surface area (Å²) in [4.78, 5) is 12.1. The first-order valence-corrected chi connectivity index (χ1v) is 12.1. The highest BCUT2D eigenvalue weighted by Crippen LogP contribution is 2.47. The molecule has 0 heterocycles. The van der Waals surface area contributed by atoms with Crippen LogP contribution in [0.4, 0.5) is 4.79 Å². The lowest BCUT2D eigenvalue weighted by Crippen LogP contribution is -2.29.